The fraction of sp³-hybridized carbons (Fsp3) is 0.556. The number of halogens is 4. The zero-order valence-electron chi connectivity index (χ0n) is 86.8. The zero-order valence-corrected chi connectivity index (χ0v) is 88.8. The van der Waals surface area contributed by atoms with Crippen LogP contribution in [0, 0.1) is 35.1 Å². The molecule has 8 aliphatic heterocycles. The minimum atomic E-state index is -1.42. The number of methoxy groups -OCH3 is 8. The highest BCUT2D eigenvalue weighted by atomic mass is 28.3. The van der Waals surface area contributed by atoms with Crippen molar-refractivity contribution in [1.82, 2.24) is 50.2 Å². The number of likely N-dealkylation sites (tertiary alicyclic amines) is 4. The number of nitrogens with one attached hydrogen (secondary N) is 4. The third-order valence-electron chi connectivity index (χ3n) is 31.9. The Bertz CT molecular complexity index is 5630. The summed E-state index contributed by atoms with van der Waals surface area (Å²) in [5.41, 5.74) is 8.97. The summed E-state index contributed by atoms with van der Waals surface area (Å²) in [5, 5.41) is 5.26. The Hall–Kier alpha value is -11.8. The van der Waals surface area contributed by atoms with Crippen molar-refractivity contribution in [3.05, 3.63) is 177 Å². The van der Waals surface area contributed by atoms with E-state index in [9.17, 15) is 47.9 Å². The normalized spacial score (nSPS) is 22.5. The molecular formula is C108H142F4N14O18Si2. The minimum Gasteiger partial charge on any atom is -0.469 e. The zero-order chi connectivity index (χ0) is 105. The lowest BCUT2D eigenvalue weighted by Gasteiger charge is -2.38. The number of aromatic amines is 2. The summed E-state index contributed by atoms with van der Waals surface area (Å²) in [6, 6.07) is 32.0. The number of amides is 6. The van der Waals surface area contributed by atoms with Crippen molar-refractivity contribution in [3.63, 3.8) is 0 Å². The van der Waals surface area contributed by atoms with E-state index in [2.05, 4.69) is 56.6 Å². The number of esters is 2. The van der Waals surface area contributed by atoms with Gasteiger partial charge in [0.25, 0.3) is 0 Å². The summed E-state index contributed by atoms with van der Waals surface area (Å²) in [6.45, 7) is 20.4. The Morgan fingerprint density at radius 2 is 0.692 bits per heavy atom. The molecule has 32 nitrogen and oxygen atoms in total. The quantitative estimate of drug-likeness (QED) is 0.0126. The number of Topliss-reactive ketones (excluding diaryl/α,β-unsaturated/α-hetero) is 2. The number of hydrogen-bond acceptors (Lipinski definition) is 24. The molecule has 4 N–H and O–H groups in total. The van der Waals surface area contributed by atoms with Gasteiger partial charge < -0.3 is 97.7 Å². The molecule has 146 heavy (non-hydrogen) atoms. The van der Waals surface area contributed by atoms with Crippen LogP contribution in [0.2, 0.25) is 50.4 Å². The number of carbonyl (C=O) groups is 10. The average Bonchev–Trinajstić information content (AvgIpc) is 1.60. The highest BCUT2D eigenvalue weighted by Crippen LogP contribution is 2.52. The highest BCUT2D eigenvalue weighted by molar-refractivity contribution is 6.78. The molecule has 16 rings (SSSR count). The molecule has 0 aliphatic carbocycles. The predicted molar refractivity (Wildman–Crippen MR) is 550 cm³/mol. The fourth-order valence-electron chi connectivity index (χ4n) is 22.8. The van der Waals surface area contributed by atoms with Gasteiger partial charge in [-0.1, -0.05) is 86.9 Å². The van der Waals surface area contributed by atoms with E-state index in [4.69, 9.17) is 47.9 Å². The Morgan fingerprint density at radius 3 is 1.01 bits per heavy atom. The lowest BCUT2D eigenvalue weighted by Crippen LogP contribution is -2.54. The van der Waals surface area contributed by atoms with Gasteiger partial charge in [0.15, 0.2) is 34.8 Å². The van der Waals surface area contributed by atoms with Crippen LogP contribution in [0.15, 0.2) is 109 Å². The first kappa shape index (κ1) is 108. The molecule has 0 radical (unpaired) electrons. The van der Waals surface area contributed by atoms with Gasteiger partial charge in [0.1, 0.15) is 35.1 Å². The molecule has 38 heteroatoms. The molecule has 788 valence electrons. The number of anilines is 4. The molecule has 8 aliphatic rings. The van der Waals surface area contributed by atoms with Crippen molar-refractivity contribution in [3.8, 4) is 0 Å². The third kappa shape index (κ3) is 23.9. The van der Waals surface area contributed by atoms with Gasteiger partial charge in [-0.25, -0.2) is 37.1 Å². The first-order valence-electron chi connectivity index (χ1n) is 51.3. The Kier molecular flexibility index (Phi) is 35.0. The largest absolute Gasteiger partial charge is 0.469 e. The van der Waals surface area contributed by atoms with Crippen molar-refractivity contribution in [2.45, 2.75) is 266 Å². The van der Waals surface area contributed by atoms with E-state index in [0.717, 1.165) is 81.4 Å². The molecule has 2 aromatic heterocycles. The highest BCUT2D eigenvalue weighted by Gasteiger charge is 2.48. The van der Waals surface area contributed by atoms with Crippen LogP contribution in [0.3, 0.4) is 0 Å². The van der Waals surface area contributed by atoms with Crippen molar-refractivity contribution in [2.24, 2.45) is 11.8 Å². The maximum absolute atomic E-state index is 16.5. The summed E-state index contributed by atoms with van der Waals surface area (Å²) in [7, 11) is 8.12. The van der Waals surface area contributed by atoms with E-state index < -0.39 is 124 Å². The summed E-state index contributed by atoms with van der Waals surface area (Å²) >= 11 is 0. The van der Waals surface area contributed by atoms with Gasteiger partial charge in [0.05, 0.1) is 164 Å². The van der Waals surface area contributed by atoms with Crippen LogP contribution in [0.5, 0.6) is 0 Å². The molecule has 0 saturated carbocycles. The van der Waals surface area contributed by atoms with Gasteiger partial charge >= 0.3 is 24.1 Å². The number of carbonyl (C=O) groups excluding carboxylic acids is 10. The number of nitrogens with zero attached hydrogens (tertiary/aromatic N) is 10. The van der Waals surface area contributed by atoms with Crippen molar-refractivity contribution < 1.29 is 103 Å². The van der Waals surface area contributed by atoms with Crippen molar-refractivity contribution >= 4 is 120 Å². The van der Waals surface area contributed by atoms with Crippen LogP contribution in [-0.4, -0.2) is 273 Å². The summed E-state index contributed by atoms with van der Waals surface area (Å²) in [5.74, 6) is -5.23. The molecule has 8 aromatic rings. The molecule has 6 aromatic carbocycles. The second-order valence-electron chi connectivity index (χ2n) is 41.9. The van der Waals surface area contributed by atoms with Crippen LogP contribution in [0.4, 0.5) is 49.9 Å². The number of hydrogen-bond donors (Lipinski definition) is 4. The van der Waals surface area contributed by atoms with Gasteiger partial charge in [-0.05, 0) is 211 Å². The standard InChI is InChI=1S/2C54H71F2N7O9Si/c2*1-32(69-3)38(31-48(65)71-5)52(66)61-21-9-11-45(61)47(64)27-34-13-15-35(16-14-34)43-19-20-44(63(43)37-29-39(55)50(40(56)30-37)60-23-25-73(7,8)26-24-60)36-17-18-41-42(28-36)58-51(57-41)46-12-10-22-62(46)53(67)49(33(2)70-4)59-54(68)72-6/h2*13-18,28-30,32-33,38,43-46,49H,9-12,19-27,31H2,1-8H3,(H,57,58)(H,59,68)/t32-,33-,38+,43+,44+,45+,46+,49+;32-,33-,38+,43-,44-,45+,46+,49+/m11/s1. The van der Waals surface area contributed by atoms with Gasteiger partial charge in [0.2, 0.25) is 23.6 Å². The molecule has 6 amide bonds. The van der Waals surface area contributed by atoms with Gasteiger partial charge in [-0.15, -0.1) is 0 Å². The molecule has 10 heterocycles. The number of aromatic nitrogens is 4. The van der Waals surface area contributed by atoms with E-state index in [1.165, 1.54) is 81.1 Å². The number of ether oxygens (including phenoxy) is 8. The van der Waals surface area contributed by atoms with E-state index >= 15 is 17.6 Å². The lowest BCUT2D eigenvalue weighted by atomic mass is 9.95. The van der Waals surface area contributed by atoms with E-state index in [1.807, 2.05) is 94.7 Å². The second-order valence-corrected chi connectivity index (χ2v) is 52.6. The number of ketones is 2. The van der Waals surface area contributed by atoms with Crippen LogP contribution in [0.1, 0.15) is 199 Å². The van der Waals surface area contributed by atoms with Crippen LogP contribution >= 0.6 is 0 Å². The number of H-pyrrole nitrogens is 2. The number of benzene rings is 6. The van der Waals surface area contributed by atoms with Gasteiger partial charge in [-0.2, -0.15) is 0 Å². The average molecular weight is 2060 g/mol. The first-order valence-corrected chi connectivity index (χ1v) is 58.2. The molecule has 0 spiro atoms. The predicted octanol–water partition coefficient (Wildman–Crippen LogP) is 16.4. The summed E-state index contributed by atoms with van der Waals surface area (Å²) < 4.78 is 107. The maximum Gasteiger partial charge on any atom is 0.407 e. The van der Waals surface area contributed by atoms with Gasteiger partial charge in [-0.3, -0.25) is 38.4 Å². The molecule has 0 unspecified atom stereocenters. The molecule has 8 saturated heterocycles. The van der Waals surface area contributed by atoms with Crippen molar-refractivity contribution in [1.29, 1.82) is 0 Å². The molecule has 16 atom stereocenters. The second kappa shape index (κ2) is 47.1. The first-order chi connectivity index (χ1) is 69.9. The topological polar surface area (TPSA) is 352 Å². The van der Waals surface area contributed by atoms with Gasteiger partial charge in [0, 0.05) is 105 Å². The van der Waals surface area contributed by atoms with Crippen molar-refractivity contribution in [2.75, 3.05) is 129 Å². The number of imidazole rings is 2. The summed E-state index contributed by atoms with van der Waals surface area (Å²) in [4.78, 5) is 164. The van der Waals surface area contributed by atoms with Crippen LogP contribution < -0.4 is 30.2 Å². The fourth-order valence-corrected chi connectivity index (χ4v) is 26.8. The Morgan fingerprint density at radius 1 is 0.377 bits per heavy atom. The Labute approximate surface area is 853 Å². The maximum atomic E-state index is 16.5. The molecule has 0 bridgehead atoms. The molecule has 8 fully saturated rings. The number of rotatable bonds is 34. The SMILES string of the molecule is COC(=O)C[C@H](C(=O)N1CCC[C@H]1C(=O)Cc1ccc([C@@H]2CC[C@@H](c3ccc4nc([C@@H]5CCCN5C(=O)[C@@H](NC(=O)OC)[C@@H](C)OC)[nH]c4c3)N2c2cc(F)c(N3CC[Si](C)(C)CC3)c(F)c2)cc1)[C@@H](C)OC.COC(=O)C[C@H](C(=O)N1CCC[C@H]1C(=O)Cc1ccc([C@H]2CC[C@H](c3ccc4nc([C@@H]5CCCN5C(=O)[C@@H](NC(=O)OC)[C@@H](C)OC)[nH]c4c3)N2c2cc(F)c(N3CC[Si](C)(C)CC3)c(F)c2)cc1)[C@@H](C)OC. The number of fused-ring (bicyclic) bond motifs is 2. The lowest BCUT2D eigenvalue weighted by molar-refractivity contribution is -0.151. The van der Waals surface area contributed by atoms with Crippen LogP contribution in [-0.2, 0) is 89.1 Å². The Balaban J connectivity index is 0.000000219. The summed E-state index contributed by atoms with van der Waals surface area (Å²) in [6.07, 6.45) is 3.85. The minimum absolute atomic E-state index is 0.0132. The van der Waals surface area contributed by atoms with E-state index in [1.54, 1.807) is 47.3 Å². The van der Waals surface area contributed by atoms with E-state index in [0.29, 0.717) is 151 Å². The monoisotopic (exact) mass is 2060 g/mol. The van der Waals surface area contributed by atoms with E-state index in [-0.39, 0.29) is 109 Å². The smallest absolute Gasteiger partial charge is 0.407 e. The molecular weight excluding hydrogens is 1910 g/mol. The van der Waals surface area contributed by atoms with Crippen LogP contribution in [0.25, 0.3) is 22.1 Å². The third-order valence-corrected chi connectivity index (χ3v) is 38.2. The number of alkyl carbamates (subject to hydrolysis) is 2.